The summed E-state index contributed by atoms with van der Waals surface area (Å²) in [5.74, 6) is -0.461. The summed E-state index contributed by atoms with van der Waals surface area (Å²) in [5.41, 5.74) is 2.44. The van der Waals surface area contributed by atoms with E-state index in [2.05, 4.69) is 12.1 Å². The monoisotopic (exact) mass is 300 g/mol. The molecule has 0 saturated heterocycles. The van der Waals surface area contributed by atoms with Crippen LogP contribution in [0.3, 0.4) is 0 Å². The lowest BCUT2D eigenvalue weighted by molar-refractivity contribution is 0.0692. The Bertz CT molecular complexity index is 656. The fourth-order valence-corrected chi connectivity index (χ4v) is 3.75. The summed E-state index contributed by atoms with van der Waals surface area (Å²) in [5, 5.41) is 9.58. The number of aromatic carboxylic acids is 1. The summed E-state index contributed by atoms with van der Waals surface area (Å²) in [4.78, 5) is 12.6. The summed E-state index contributed by atoms with van der Waals surface area (Å²) in [7, 11) is 0. The van der Waals surface area contributed by atoms with Crippen molar-refractivity contribution in [3.05, 3.63) is 59.2 Å². The maximum absolute atomic E-state index is 11.3. The van der Waals surface area contributed by atoms with Crippen molar-refractivity contribution < 1.29 is 14.6 Å². The van der Waals surface area contributed by atoms with Gasteiger partial charge in [-0.3, -0.25) is 0 Å². The van der Waals surface area contributed by atoms with Gasteiger partial charge in [0.2, 0.25) is 0 Å². The van der Waals surface area contributed by atoms with Gasteiger partial charge >= 0.3 is 5.97 Å². The quantitative estimate of drug-likeness (QED) is 0.933. The number of thioether (sulfide) groups is 1. The smallest absolute Gasteiger partial charge is 0.339 e. The molecule has 1 aliphatic rings. The molecule has 2 aromatic carbocycles. The molecule has 0 spiro atoms. The van der Waals surface area contributed by atoms with Gasteiger partial charge in [0, 0.05) is 10.1 Å². The van der Waals surface area contributed by atoms with Gasteiger partial charge in [-0.15, -0.1) is 11.8 Å². The predicted octanol–water partition coefficient (Wildman–Crippen LogP) is 3.79. The largest absolute Gasteiger partial charge is 0.491 e. The Morgan fingerprint density at radius 1 is 1.29 bits per heavy atom. The molecule has 1 heterocycles. The van der Waals surface area contributed by atoms with Crippen LogP contribution in [-0.4, -0.2) is 22.9 Å². The van der Waals surface area contributed by atoms with Gasteiger partial charge in [0.15, 0.2) is 0 Å². The van der Waals surface area contributed by atoms with E-state index in [4.69, 9.17) is 4.74 Å². The molecular weight excluding hydrogens is 284 g/mol. The molecular formula is C17H16O3S. The molecule has 0 aliphatic carbocycles. The lowest BCUT2D eigenvalue weighted by atomic mass is 10.1. The second-order valence-corrected chi connectivity index (χ2v) is 6.46. The van der Waals surface area contributed by atoms with Gasteiger partial charge in [-0.25, -0.2) is 4.79 Å². The Morgan fingerprint density at radius 3 is 2.86 bits per heavy atom. The van der Waals surface area contributed by atoms with E-state index in [9.17, 15) is 9.90 Å². The molecule has 1 aliphatic heterocycles. The Kier molecular flexibility index (Phi) is 3.88. The third-order valence-electron chi connectivity index (χ3n) is 3.57. The second-order valence-electron chi connectivity index (χ2n) is 5.12. The zero-order valence-corrected chi connectivity index (χ0v) is 12.5. The number of aryl methyl sites for hydroxylation is 1. The maximum Gasteiger partial charge on any atom is 0.339 e. The van der Waals surface area contributed by atoms with Gasteiger partial charge in [0.05, 0.1) is 0 Å². The molecule has 108 valence electrons. The molecule has 1 N–H and O–H groups in total. The molecule has 0 radical (unpaired) electrons. The van der Waals surface area contributed by atoms with Crippen LogP contribution in [0, 0.1) is 6.92 Å². The van der Waals surface area contributed by atoms with E-state index >= 15 is 0 Å². The first kappa shape index (κ1) is 14.0. The highest BCUT2D eigenvalue weighted by Crippen LogP contribution is 2.37. The average molecular weight is 300 g/mol. The number of hydrogen-bond donors (Lipinski definition) is 1. The lowest BCUT2D eigenvalue weighted by Crippen LogP contribution is -2.15. The minimum absolute atomic E-state index is 0.232. The normalized spacial score (nSPS) is 16.5. The van der Waals surface area contributed by atoms with Gasteiger partial charge < -0.3 is 9.84 Å². The third-order valence-corrected chi connectivity index (χ3v) is 4.86. The van der Waals surface area contributed by atoms with E-state index < -0.39 is 5.97 Å². The highest BCUT2D eigenvalue weighted by atomic mass is 32.2. The number of carboxylic acid groups (broad SMARTS) is 1. The fourth-order valence-electron chi connectivity index (χ4n) is 2.54. The fraction of sp³-hybridized carbons (Fsp3) is 0.235. The summed E-state index contributed by atoms with van der Waals surface area (Å²) in [6.07, 6.45) is 0.967. The molecule has 0 saturated carbocycles. The highest BCUT2D eigenvalue weighted by molar-refractivity contribution is 8.00. The summed E-state index contributed by atoms with van der Waals surface area (Å²) >= 11 is 1.80. The van der Waals surface area contributed by atoms with Crippen LogP contribution in [0.5, 0.6) is 5.75 Å². The van der Waals surface area contributed by atoms with E-state index in [0.717, 1.165) is 12.0 Å². The van der Waals surface area contributed by atoms with Crippen LogP contribution in [0.4, 0.5) is 0 Å². The Morgan fingerprint density at radius 2 is 2.10 bits per heavy atom. The van der Waals surface area contributed by atoms with Crippen molar-refractivity contribution in [2.24, 2.45) is 0 Å². The lowest BCUT2D eigenvalue weighted by Gasteiger charge is -2.14. The summed E-state index contributed by atoms with van der Waals surface area (Å²) in [6, 6.07) is 13.5. The molecule has 3 rings (SSSR count). The average Bonchev–Trinajstić information content (AvgIpc) is 2.88. The van der Waals surface area contributed by atoms with Crippen molar-refractivity contribution in [2.45, 2.75) is 23.5 Å². The van der Waals surface area contributed by atoms with Gasteiger partial charge in [-0.2, -0.15) is 0 Å². The van der Waals surface area contributed by atoms with Crippen LogP contribution in [0.15, 0.2) is 47.4 Å². The van der Waals surface area contributed by atoms with E-state index in [0.29, 0.717) is 17.6 Å². The van der Waals surface area contributed by atoms with Crippen molar-refractivity contribution in [1.29, 1.82) is 0 Å². The van der Waals surface area contributed by atoms with Crippen molar-refractivity contribution in [1.82, 2.24) is 0 Å². The molecule has 0 aromatic heterocycles. The first-order chi connectivity index (χ1) is 10.1. The van der Waals surface area contributed by atoms with Crippen LogP contribution in [0.25, 0.3) is 0 Å². The van der Waals surface area contributed by atoms with E-state index in [1.165, 1.54) is 10.5 Å². The molecule has 0 bridgehead atoms. The molecule has 1 atom stereocenters. The second kappa shape index (κ2) is 5.82. The summed E-state index contributed by atoms with van der Waals surface area (Å²) < 4.78 is 5.84. The van der Waals surface area contributed by atoms with E-state index in [-0.39, 0.29) is 5.56 Å². The predicted molar refractivity (Wildman–Crippen MR) is 83.4 cm³/mol. The maximum atomic E-state index is 11.3. The van der Waals surface area contributed by atoms with Crippen molar-refractivity contribution >= 4 is 17.7 Å². The number of para-hydroxylation sites is 1. The van der Waals surface area contributed by atoms with E-state index in [1.807, 2.05) is 25.1 Å². The molecule has 1 unspecified atom stereocenters. The summed E-state index contributed by atoms with van der Waals surface area (Å²) in [6.45, 7) is 2.39. The third kappa shape index (κ3) is 2.90. The molecule has 4 heteroatoms. The van der Waals surface area contributed by atoms with Gasteiger partial charge in [-0.1, -0.05) is 30.3 Å². The standard InChI is InChI=1S/C17H16O3S/c1-11-5-4-7-14(17(18)19)16(11)20-10-13-9-12-6-2-3-8-15(12)21-13/h2-8,13H,9-10H2,1H3,(H,18,19). The number of hydrogen-bond acceptors (Lipinski definition) is 3. The van der Waals surface area contributed by atoms with Crippen molar-refractivity contribution in [2.75, 3.05) is 6.61 Å². The van der Waals surface area contributed by atoms with Crippen LogP contribution >= 0.6 is 11.8 Å². The Labute approximate surface area is 127 Å². The first-order valence-electron chi connectivity index (χ1n) is 6.85. The molecule has 0 amide bonds. The molecule has 3 nitrogen and oxygen atoms in total. The number of carboxylic acids is 1. The van der Waals surface area contributed by atoms with E-state index in [1.54, 1.807) is 23.9 Å². The molecule has 2 aromatic rings. The Balaban J connectivity index is 1.71. The van der Waals surface area contributed by atoms with Crippen molar-refractivity contribution in [3.8, 4) is 5.75 Å². The zero-order valence-electron chi connectivity index (χ0n) is 11.7. The van der Waals surface area contributed by atoms with Crippen LogP contribution in [-0.2, 0) is 6.42 Å². The number of benzene rings is 2. The minimum Gasteiger partial charge on any atom is -0.491 e. The zero-order chi connectivity index (χ0) is 14.8. The first-order valence-corrected chi connectivity index (χ1v) is 7.73. The number of rotatable bonds is 4. The highest BCUT2D eigenvalue weighted by Gasteiger charge is 2.23. The van der Waals surface area contributed by atoms with Crippen LogP contribution < -0.4 is 4.74 Å². The molecule has 0 fully saturated rings. The van der Waals surface area contributed by atoms with Gasteiger partial charge in [0.25, 0.3) is 0 Å². The van der Waals surface area contributed by atoms with Crippen LogP contribution in [0.1, 0.15) is 21.5 Å². The number of fused-ring (bicyclic) bond motifs is 1. The van der Waals surface area contributed by atoms with Gasteiger partial charge in [0.1, 0.15) is 17.9 Å². The minimum atomic E-state index is -0.948. The van der Waals surface area contributed by atoms with Crippen LogP contribution in [0.2, 0.25) is 0 Å². The van der Waals surface area contributed by atoms with Gasteiger partial charge in [-0.05, 0) is 36.6 Å². The SMILES string of the molecule is Cc1cccc(C(=O)O)c1OCC1Cc2ccccc2S1. The number of carbonyl (C=O) groups is 1. The van der Waals surface area contributed by atoms with Crippen molar-refractivity contribution in [3.63, 3.8) is 0 Å². The Hall–Kier alpha value is -1.94. The topological polar surface area (TPSA) is 46.5 Å². The number of ether oxygens (including phenoxy) is 1. The molecule has 21 heavy (non-hydrogen) atoms.